The number of benzene rings is 2. The van der Waals surface area contributed by atoms with Gasteiger partial charge in [-0.15, -0.1) is 0 Å². The van der Waals surface area contributed by atoms with Gasteiger partial charge in [-0.2, -0.15) is 0 Å². The highest BCUT2D eigenvalue weighted by Crippen LogP contribution is 2.26. The van der Waals surface area contributed by atoms with Crippen molar-refractivity contribution >= 4 is 22.4 Å². The second-order valence-electron chi connectivity index (χ2n) is 9.59. The topological polar surface area (TPSA) is 58.1 Å². The molecule has 178 valence electrons. The molecule has 2 aromatic heterocycles. The normalized spacial score (nSPS) is 16.1. The molecular weight excluding hydrogens is 432 g/mol. The van der Waals surface area contributed by atoms with Crippen LogP contribution in [0.25, 0.3) is 10.8 Å². The predicted octanol–water partition coefficient (Wildman–Crippen LogP) is 6.04. The number of nitrogens with zero attached hydrogens (tertiary/aromatic N) is 3. The van der Waals surface area contributed by atoms with Gasteiger partial charge >= 0.3 is 0 Å². The first-order chi connectivity index (χ1) is 17.2. The number of carbonyl (C=O) groups is 1. The summed E-state index contributed by atoms with van der Waals surface area (Å²) in [6.07, 6.45) is 11.7. The first-order valence-corrected chi connectivity index (χ1v) is 12.5. The van der Waals surface area contributed by atoms with E-state index in [0.717, 1.165) is 61.2 Å². The Labute approximate surface area is 207 Å². The average Bonchev–Trinajstić information content (AvgIpc) is 3.14. The Kier molecular flexibility index (Phi) is 7.03. The molecule has 5 rings (SSSR count). The second kappa shape index (κ2) is 10.7. The SMILES string of the molecule is Cc1ccc(C(=O)N2CCCC(Cc3ccc4cnccc4c3)CC2)cc1NCc1cccnc1. The van der Waals surface area contributed by atoms with E-state index in [4.69, 9.17) is 0 Å². The lowest BCUT2D eigenvalue weighted by Crippen LogP contribution is -2.32. The monoisotopic (exact) mass is 464 g/mol. The van der Waals surface area contributed by atoms with Gasteiger partial charge in [0.05, 0.1) is 0 Å². The van der Waals surface area contributed by atoms with Crippen LogP contribution in [0.2, 0.25) is 0 Å². The fourth-order valence-electron chi connectivity index (χ4n) is 4.99. The van der Waals surface area contributed by atoms with E-state index in [1.807, 2.05) is 53.8 Å². The number of anilines is 1. The van der Waals surface area contributed by atoms with Crippen molar-refractivity contribution in [2.75, 3.05) is 18.4 Å². The minimum Gasteiger partial charge on any atom is -0.381 e. The standard InChI is InChI=1S/C30H32N4O/c1-22-6-8-27(18-29(22)33-20-25-4-2-12-31-19-25)30(35)34-14-3-5-23(11-15-34)16-24-7-9-28-21-32-13-10-26(28)17-24/h2,4,6-10,12-13,17-19,21,23,33H,3,5,11,14-16,20H2,1H3. The summed E-state index contributed by atoms with van der Waals surface area (Å²) >= 11 is 0. The molecule has 1 atom stereocenters. The van der Waals surface area contributed by atoms with E-state index in [-0.39, 0.29) is 5.91 Å². The maximum absolute atomic E-state index is 13.4. The van der Waals surface area contributed by atoms with Crippen LogP contribution >= 0.6 is 0 Å². The fourth-order valence-corrected chi connectivity index (χ4v) is 4.99. The molecule has 0 radical (unpaired) electrons. The summed E-state index contributed by atoms with van der Waals surface area (Å²) in [5.74, 6) is 0.732. The van der Waals surface area contributed by atoms with Gasteiger partial charge in [0.2, 0.25) is 0 Å². The molecule has 1 aliphatic heterocycles. The largest absolute Gasteiger partial charge is 0.381 e. The molecule has 0 aliphatic carbocycles. The summed E-state index contributed by atoms with van der Waals surface area (Å²) in [4.78, 5) is 23.8. The van der Waals surface area contributed by atoms with Gasteiger partial charge in [0.25, 0.3) is 5.91 Å². The van der Waals surface area contributed by atoms with Crippen LogP contribution in [0.5, 0.6) is 0 Å². The zero-order valence-corrected chi connectivity index (χ0v) is 20.3. The van der Waals surface area contributed by atoms with Gasteiger partial charge in [0.1, 0.15) is 0 Å². The number of rotatable bonds is 6. The zero-order chi connectivity index (χ0) is 24.0. The molecule has 35 heavy (non-hydrogen) atoms. The van der Waals surface area contributed by atoms with Crippen molar-refractivity contribution in [3.05, 3.63) is 102 Å². The van der Waals surface area contributed by atoms with Crippen molar-refractivity contribution < 1.29 is 4.79 Å². The van der Waals surface area contributed by atoms with Crippen LogP contribution in [0.1, 0.15) is 46.3 Å². The van der Waals surface area contributed by atoms with Gasteiger partial charge < -0.3 is 10.2 Å². The second-order valence-corrected chi connectivity index (χ2v) is 9.59. The quantitative estimate of drug-likeness (QED) is 0.378. The Bertz CT molecular complexity index is 1300. The molecule has 1 amide bonds. The molecule has 1 fully saturated rings. The Morgan fingerprint density at radius 1 is 0.943 bits per heavy atom. The molecular formula is C30H32N4O. The molecule has 1 unspecified atom stereocenters. The van der Waals surface area contributed by atoms with E-state index in [2.05, 4.69) is 46.5 Å². The molecule has 5 heteroatoms. The van der Waals surface area contributed by atoms with E-state index < -0.39 is 0 Å². The van der Waals surface area contributed by atoms with Gasteiger partial charge in [-0.25, -0.2) is 0 Å². The van der Waals surface area contributed by atoms with Crippen LogP contribution in [0, 0.1) is 12.8 Å². The molecule has 0 spiro atoms. The van der Waals surface area contributed by atoms with Crippen LogP contribution in [0.3, 0.4) is 0 Å². The minimum atomic E-state index is 0.133. The summed E-state index contributed by atoms with van der Waals surface area (Å²) in [5, 5.41) is 5.90. The number of pyridine rings is 2. The van der Waals surface area contributed by atoms with Crippen molar-refractivity contribution in [3.8, 4) is 0 Å². The first kappa shape index (κ1) is 23.0. The van der Waals surface area contributed by atoms with E-state index in [1.165, 1.54) is 16.3 Å². The first-order valence-electron chi connectivity index (χ1n) is 12.5. The van der Waals surface area contributed by atoms with Crippen molar-refractivity contribution in [1.29, 1.82) is 0 Å². The summed E-state index contributed by atoms with van der Waals surface area (Å²) in [7, 11) is 0. The van der Waals surface area contributed by atoms with Crippen LogP contribution < -0.4 is 5.32 Å². The van der Waals surface area contributed by atoms with Crippen LogP contribution in [-0.4, -0.2) is 33.9 Å². The lowest BCUT2D eigenvalue weighted by Gasteiger charge is -2.22. The van der Waals surface area contributed by atoms with E-state index >= 15 is 0 Å². The molecule has 3 heterocycles. The van der Waals surface area contributed by atoms with Crippen LogP contribution in [0.4, 0.5) is 5.69 Å². The number of hydrogen-bond donors (Lipinski definition) is 1. The van der Waals surface area contributed by atoms with Crippen molar-refractivity contribution in [1.82, 2.24) is 14.9 Å². The molecule has 2 aromatic carbocycles. The van der Waals surface area contributed by atoms with E-state index in [0.29, 0.717) is 12.5 Å². The third-order valence-electron chi connectivity index (χ3n) is 7.05. The molecule has 0 bridgehead atoms. The van der Waals surface area contributed by atoms with Crippen LogP contribution in [-0.2, 0) is 13.0 Å². The fraction of sp³-hybridized carbons (Fsp3) is 0.300. The number of carbonyl (C=O) groups excluding carboxylic acids is 1. The number of hydrogen-bond acceptors (Lipinski definition) is 4. The highest BCUT2D eigenvalue weighted by molar-refractivity contribution is 5.95. The molecule has 1 saturated heterocycles. The highest BCUT2D eigenvalue weighted by atomic mass is 16.2. The summed E-state index contributed by atoms with van der Waals surface area (Å²) in [6.45, 7) is 4.39. The van der Waals surface area contributed by atoms with Gasteiger partial charge in [-0.05, 0) is 84.9 Å². The van der Waals surface area contributed by atoms with Gasteiger partial charge in [-0.1, -0.05) is 30.3 Å². The van der Waals surface area contributed by atoms with Crippen LogP contribution in [0.15, 0.2) is 79.4 Å². The van der Waals surface area contributed by atoms with Crippen molar-refractivity contribution in [2.45, 2.75) is 39.2 Å². The summed E-state index contributed by atoms with van der Waals surface area (Å²) < 4.78 is 0. The number of amides is 1. The smallest absolute Gasteiger partial charge is 0.253 e. The Balaban J connectivity index is 1.21. The third kappa shape index (κ3) is 5.68. The third-order valence-corrected chi connectivity index (χ3v) is 7.05. The maximum Gasteiger partial charge on any atom is 0.253 e. The van der Waals surface area contributed by atoms with Crippen molar-refractivity contribution in [3.63, 3.8) is 0 Å². The number of aryl methyl sites for hydroxylation is 1. The Morgan fingerprint density at radius 2 is 1.86 bits per heavy atom. The van der Waals surface area contributed by atoms with Crippen molar-refractivity contribution in [2.24, 2.45) is 5.92 Å². The molecule has 1 aliphatic rings. The Morgan fingerprint density at radius 3 is 2.74 bits per heavy atom. The van der Waals surface area contributed by atoms with Gasteiger partial charge in [0.15, 0.2) is 0 Å². The summed E-state index contributed by atoms with van der Waals surface area (Å²) in [6, 6.07) is 18.7. The predicted molar refractivity (Wildman–Crippen MR) is 141 cm³/mol. The number of fused-ring (bicyclic) bond motifs is 1. The number of aromatic nitrogens is 2. The lowest BCUT2D eigenvalue weighted by atomic mass is 9.92. The average molecular weight is 465 g/mol. The lowest BCUT2D eigenvalue weighted by molar-refractivity contribution is 0.0760. The van der Waals surface area contributed by atoms with E-state index in [1.54, 1.807) is 6.20 Å². The van der Waals surface area contributed by atoms with E-state index in [9.17, 15) is 4.79 Å². The zero-order valence-electron chi connectivity index (χ0n) is 20.3. The molecule has 1 N–H and O–H groups in total. The molecule has 5 nitrogen and oxygen atoms in total. The minimum absolute atomic E-state index is 0.133. The van der Waals surface area contributed by atoms with Gasteiger partial charge in [0, 0.05) is 61.1 Å². The number of likely N-dealkylation sites (tertiary alicyclic amines) is 1. The highest BCUT2D eigenvalue weighted by Gasteiger charge is 2.22. The molecule has 0 saturated carbocycles. The summed E-state index contributed by atoms with van der Waals surface area (Å²) in [5.41, 5.74) is 5.37. The number of nitrogens with one attached hydrogen (secondary N) is 1. The Hall–Kier alpha value is -3.73. The maximum atomic E-state index is 13.4. The van der Waals surface area contributed by atoms with Gasteiger partial charge in [-0.3, -0.25) is 14.8 Å². The molecule has 4 aromatic rings.